The second-order valence-electron chi connectivity index (χ2n) is 6.40. The third-order valence-corrected chi connectivity index (χ3v) is 4.32. The Bertz CT molecular complexity index is 553. The molecule has 2 fully saturated rings. The number of hydrogen-bond donors (Lipinski definition) is 1. The van der Waals surface area contributed by atoms with Gasteiger partial charge >= 0.3 is 6.18 Å². The van der Waals surface area contributed by atoms with Crippen LogP contribution < -0.4 is 10.2 Å². The molecule has 0 spiro atoms. The molecule has 1 aromatic carbocycles. The van der Waals surface area contributed by atoms with Gasteiger partial charge in [0.25, 0.3) is 0 Å². The van der Waals surface area contributed by atoms with Crippen molar-refractivity contribution in [3.05, 3.63) is 29.8 Å². The molecular formula is C16H21F3N2O2. The first-order chi connectivity index (χ1) is 10.7. The van der Waals surface area contributed by atoms with Gasteiger partial charge in [0.15, 0.2) is 5.79 Å². The normalized spacial score (nSPS) is 28.1. The van der Waals surface area contributed by atoms with Crippen molar-refractivity contribution < 1.29 is 22.6 Å². The van der Waals surface area contributed by atoms with Crippen LogP contribution in [0, 0.1) is 0 Å². The molecule has 2 aliphatic heterocycles. The highest BCUT2D eigenvalue weighted by molar-refractivity contribution is 5.49. The largest absolute Gasteiger partial charge is 0.424 e. The Kier molecular flexibility index (Phi) is 4.06. The van der Waals surface area contributed by atoms with Gasteiger partial charge in [-0.05, 0) is 31.5 Å². The average molecular weight is 330 g/mol. The molecule has 2 heterocycles. The lowest BCUT2D eigenvalue weighted by Crippen LogP contribution is -2.46. The van der Waals surface area contributed by atoms with Crippen molar-refractivity contribution >= 4 is 5.69 Å². The van der Waals surface area contributed by atoms with Gasteiger partial charge in [0.05, 0.1) is 6.61 Å². The maximum absolute atomic E-state index is 13.7. The SMILES string of the molecule is CC1(C)OCC(c2ccc(N3CCNCC3)cc2)(C(F)(F)F)O1. The van der Waals surface area contributed by atoms with E-state index in [-0.39, 0.29) is 5.56 Å². The van der Waals surface area contributed by atoms with Crippen LogP contribution in [0.5, 0.6) is 0 Å². The number of nitrogens with one attached hydrogen (secondary N) is 1. The highest BCUT2D eigenvalue weighted by Crippen LogP contribution is 2.49. The quantitative estimate of drug-likeness (QED) is 0.904. The lowest BCUT2D eigenvalue weighted by atomic mass is 9.93. The molecule has 4 nitrogen and oxygen atoms in total. The van der Waals surface area contributed by atoms with E-state index in [2.05, 4.69) is 10.2 Å². The zero-order chi connectivity index (χ0) is 16.7. The molecule has 3 rings (SSSR count). The molecule has 2 aliphatic rings. The van der Waals surface area contributed by atoms with Gasteiger partial charge in [-0.3, -0.25) is 0 Å². The molecule has 1 aromatic rings. The van der Waals surface area contributed by atoms with Gasteiger partial charge in [-0.1, -0.05) is 12.1 Å². The Hall–Kier alpha value is -1.31. The first-order valence-electron chi connectivity index (χ1n) is 7.71. The first kappa shape index (κ1) is 16.5. The number of rotatable bonds is 2. The fraction of sp³-hybridized carbons (Fsp3) is 0.625. The number of nitrogens with zero attached hydrogens (tertiary/aromatic N) is 1. The van der Waals surface area contributed by atoms with E-state index in [9.17, 15) is 13.2 Å². The van der Waals surface area contributed by atoms with Crippen LogP contribution in [-0.2, 0) is 15.1 Å². The van der Waals surface area contributed by atoms with E-state index in [0.717, 1.165) is 31.9 Å². The summed E-state index contributed by atoms with van der Waals surface area (Å²) in [6.45, 7) is 5.90. The highest BCUT2D eigenvalue weighted by atomic mass is 19.4. The summed E-state index contributed by atoms with van der Waals surface area (Å²) < 4.78 is 51.6. The third-order valence-electron chi connectivity index (χ3n) is 4.32. The summed E-state index contributed by atoms with van der Waals surface area (Å²) in [6, 6.07) is 6.44. The van der Waals surface area contributed by atoms with Gasteiger partial charge in [0.2, 0.25) is 5.60 Å². The van der Waals surface area contributed by atoms with Gasteiger partial charge in [-0.25, -0.2) is 0 Å². The Morgan fingerprint density at radius 1 is 1.09 bits per heavy atom. The predicted molar refractivity (Wildman–Crippen MR) is 80.4 cm³/mol. The molecule has 23 heavy (non-hydrogen) atoms. The van der Waals surface area contributed by atoms with Crippen molar-refractivity contribution in [3.8, 4) is 0 Å². The topological polar surface area (TPSA) is 33.7 Å². The number of piperazine rings is 1. The van der Waals surface area contributed by atoms with Crippen LogP contribution >= 0.6 is 0 Å². The Morgan fingerprint density at radius 3 is 2.17 bits per heavy atom. The molecule has 128 valence electrons. The molecule has 1 N–H and O–H groups in total. The molecule has 1 atom stereocenters. The minimum absolute atomic E-state index is 0.0782. The standard InChI is InChI=1S/C16H21F3N2O2/c1-14(2)22-11-15(23-14,16(17,18)19)12-3-5-13(6-4-12)21-9-7-20-8-10-21/h3-6,20H,7-11H2,1-2H3. The molecule has 0 amide bonds. The molecule has 2 saturated heterocycles. The summed E-state index contributed by atoms with van der Waals surface area (Å²) in [4.78, 5) is 2.15. The van der Waals surface area contributed by atoms with Crippen molar-refractivity contribution in [1.82, 2.24) is 5.32 Å². The summed E-state index contributed by atoms with van der Waals surface area (Å²) in [5.41, 5.74) is -1.40. The van der Waals surface area contributed by atoms with Gasteiger partial charge in [-0.2, -0.15) is 13.2 Å². The van der Waals surface area contributed by atoms with Crippen molar-refractivity contribution in [2.45, 2.75) is 31.4 Å². The van der Waals surface area contributed by atoms with E-state index in [0.29, 0.717) is 0 Å². The monoisotopic (exact) mass is 330 g/mol. The van der Waals surface area contributed by atoms with E-state index in [1.165, 1.54) is 26.0 Å². The fourth-order valence-corrected chi connectivity index (χ4v) is 3.06. The van der Waals surface area contributed by atoms with Crippen molar-refractivity contribution in [1.29, 1.82) is 0 Å². The van der Waals surface area contributed by atoms with Crippen molar-refractivity contribution in [3.63, 3.8) is 0 Å². The van der Waals surface area contributed by atoms with Crippen molar-refractivity contribution in [2.75, 3.05) is 37.7 Å². The van der Waals surface area contributed by atoms with Crippen LogP contribution in [0.3, 0.4) is 0 Å². The lowest BCUT2D eigenvalue weighted by Gasteiger charge is -2.33. The van der Waals surface area contributed by atoms with E-state index < -0.39 is 24.2 Å². The number of alkyl halides is 3. The Balaban J connectivity index is 1.89. The fourth-order valence-electron chi connectivity index (χ4n) is 3.06. The second kappa shape index (κ2) is 5.65. The Labute approximate surface area is 133 Å². The zero-order valence-corrected chi connectivity index (χ0v) is 13.2. The van der Waals surface area contributed by atoms with E-state index in [1.807, 2.05) is 0 Å². The van der Waals surface area contributed by atoms with Crippen LogP contribution in [0.15, 0.2) is 24.3 Å². The maximum Gasteiger partial charge on any atom is 0.424 e. The van der Waals surface area contributed by atoms with Gasteiger partial charge in [0.1, 0.15) is 0 Å². The second-order valence-corrected chi connectivity index (χ2v) is 6.40. The Morgan fingerprint density at radius 2 is 1.70 bits per heavy atom. The van der Waals surface area contributed by atoms with E-state index >= 15 is 0 Å². The van der Waals surface area contributed by atoms with Crippen LogP contribution in [0.4, 0.5) is 18.9 Å². The van der Waals surface area contributed by atoms with Crippen LogP contribution in [0.25, 0.3) is 0 Å². The third kappa shape index (κ3) is 3.05. The molecule has 7 heteroatoms. The average Bonchev–Trinajstić information content (AvgIpc) is 2.85. The highest BCUT2D eigenvalue weighted by Gasteiger charge is 2.63. The smallest absolute Gasteiger partial charge is 0.369 e. The summed E-state index contributed by atoms with van der Waals surface area (Å²) >= 11 is 0. The summed E-state index contributed by atoms with van der Waals surface area (Å²) in [5, 5.41) is 3.25. The number of anilines is 1. The minimum Gasteiger partial charge on any atom is -0.369 e. The zero-order valence-electron chi connectivity index (χ0n) is 13.2. The van der Waals surface area contributed by atoms with Gasteiger partial charge in [-0.15, -0.1) is 0 Å². The maximum atomic E-state index is 13.7. The van der Waals surface area contributed by atoms with Gasteiger partial charge in [0, 0.05) is 31.9 Å². The summed E-state index contributed by atoms with van der Waals surface area (Å²) in [7, 11) is 0. The molecule has 1 unspecified atom stereocenters. The van der Waals surface area contributed by atoms with E-state index in [1.54, 1.807) is 12.1 Å². The number of benzene rings is 1. The molecule has 0 saturated carbocycles. The molecule has 0 radical (unpaired) electrons. The lowest BCUT2D eigenvalue weighted by molar-refractivity contribution is -0.289. The number of hydrogen-bond acceptors (Lipinski definition) is 4. The van der Waals surface area contributed by atoms with Crippen LogP contribution in [-0.4, -0.2) is 44.7 Å². The molecular weight excluding hydrogens is 309 g/mol. The minimum atomic E-state index is -4.54. The number of ether oxygens (including phenoxy) is 2. The van der Waals surface area contributed by atoms with Gasteiger partial charge < -0.3 is 19.7 Å². The molecule has 0 aromatic heterocycles. The molecule has 0 aliphatic carbocycles. The predicted octanol–water partition coefficient (Wildman–Crippen LogP) is 2.64. The number of halogens is 3. The summed E-state index contributed by atoms with van der Waals surface area (Å²) in [5.74, 6) is -1.26. The molecule has 0 bridgehead atoms. The summed E-state index contributed by atoms with van der Waals surface area (Å²) in [6.07, 6.45) is -4.54. The van der Waals surface area contributed by atoms with E-state index in [4.69, 9.17) is 9.47 Å². The van der Waals surface area contributed by atoms with Crippen molar-refractivity contribution in [2.24, 2.45) is 0 Å². The van der Waals surface area contributed by atoms with Crippen LogP contribution in [0.2, 0.25) is 0 Å². The van der Waals surface area contributed by atoms with Crippen LogP contribution in [0.1, 0.15) is 19.4 Å². The first-order valence-corrected chi connectivity index (χ1v) is 7.71.